The van der Waals surface area contributed by atoms with Crippen molar-refractivity contribution in [1.82, 2.24) is 24.6 Å². The van der Waals surface area contributed by atoms with E-state index in [-0.39, 0.29) is 11.6 Å². The number of nitrogens with zero attached hydrogens (tertiary/aromatic N) is 7. The number of para-hydroxylation sites is 1. The van der Waals surface area contributed by atoms with Gasteiger partial charge in [-0.1, -0.05) is 38.1 Å². The maximum absolute atomic E-state index is 13.2. The summed E-state index contributed by atoms with van der Waals surface area (Å²) in [6.07, 6.45) is 3.31. The van der Waals surface area contributed by atoms with Gasteiger partial charge in [0.05, 0.1) is 22.2 Å². The van der Waals surface area contributed by atoms with Crippen molar-refractivity contribution < 1.29 is 9.72 Å². The van der Waals surface area contributed by atoms with Crippen LogP contribution in [0.1, 0.15) is 36.5 Å². The second-order valence-corrected chi connectivity index (χ2v) is 9.63. The number of amides is 1. The second kappa shape index (κ2) is 10.3. The average molecular weight is 500 g/mol. The third-order valence-electron chi connectivity index (χ3n) is 6.43. The minimum atomic E-state index is -0.481. The quantitative estimate of drug-likeness (QED) is 0.288. The fraction of sp³-hybridized carbons (Fsp3) is 0.333. The Morgan fingerprint density at radius 1 is 1.03 bits per heavy atom. The smallest absolute Gasteiger partial charge is 0.270 e. The van der Waals surface area contributed by atoms with Crippen LogP contribution in [0.5, 0.6) is 0 Å². The molecule has 0 saturated carbocycles. The van der Waals surface area contributed by atoms with Crippen LogP contribution in [0, 0.1) is 16.0 Å². The number of benzene rings is 2. The van der Waals surface area contributed by atoms with E-state index in [9.17, 15) is 14.9 Å². The van der Waals surface area contributed by atoms with Crippen molar-refractivity contribution in [2.75, 3.05) is 31.1 Å². The van der Waals surface area contributed by atoms with Crippen LogP contribution >= 0.6 is 0 Å². The number of fused-ring (bicyclic) bond motifs is 1. The molecule has 0 unspecified atom stereocenters. The van der Waals surface area contributed by atoms with E-state index in [0.717, 1.165) is 47.7 Å². The summed E-state index contributed by atoms with van der Waals surface area (Å²) in [5.41, 5.74) is 1.94. The van der Waals surface area contributed by atoms with Crippen LogP contribution < -0.4 is 4.90 Å². The number of hydrogen-bond acceptors (Lipinski definition) is 7. The molecule has 1 amide bonds. The Labute approximate surface area is 214 Å². The number of carbonyl (C=O) groups is 1. The summed E-state index contributed by atoms with van der Waals surface area (Å²) in [5.74, 6) is 1.79. The maximum atomic E-state index is 13.2. The predicted octanol–water partition coefficient (Wildman–Crippen LogP) is 4.27. The first kappa shape index (κ1) is 24.4. The van der Waals surface area contributed by atoms with Crippen LogP contribution in [0.25, 0.3) is 16.7 Å². The van der Waals surface area contributed by atoms with E-state index in [4.69, 9.17) is 9.97 Å². The molecule has 5 rings (SSSR count). The van der Waals surface area contributed by atoms with Gasteiger partial charge < -0.3 is 9.80 Å². The zero-order valence-corrected chi connectivity index (χ0v) is 20.9. The zero-order valence-electron chi connectivity index (χ0n) is 20.9. The van der Waals surface area contributed by atoms with E-state index in [2.05, 4.69) is 23.8 Å². The van der Waals surface area contributed by atoms with Crippen LogP contribution in [0.2, 0.25) is 0 Å². The number of carbonyl (C=O) groups excluding carboxylic acids is 1. The Morgan fingerprint density at radius 3 is 2.59 bits per heavy atom. The number of nitro benzene ring substituents is 1. The Hall–Kier alpha value is -4.34. The van der Waals surface area contributed by atoms with Gasteiger partial charge in [0.2, 0.25) is 0 Å². The molecule has 0 radical (unpaired) electrons. The summed E-state index contributed by atoms with van der Waals surface area (Å²) >= 11 is 0. The molecule has 10 heteroatoms. The van der Waals surface area contributed by atoms with Crippen molar-refractivity contribution in [3.05, 3.63) is 82.3 Å². The van der Waals surface area contributed by atoms with E-state index >= 15 is 0 Å². The number of nitro groups is 1. The molecular weight excluding hydrogens is 470 g/mol. The van der Waals surface area contributed by atoms with E-state index in [1.165, 1.54) is 12.1 Å². The number of aromatic nitrogens is 4. The molecule has 37 heavy (non-hydrogen) atoms. The number of hydrogen-bond donors (Lipinski definition) is 0. The molecule has 0 N–H and O–H groups in total. The predicted molar refractivity (Wildman–Crippen MR) is 141 cm³/mol. The molecule has 0 atom stereocenters. The van der Waals surface area contributed by atoms with Gasteiger partial charge in [0.15, 0.2) is 5.65 Å². The molecule has 4 aromatic rings. The lowest BCUT2D eigenvalue weighted by Crippen LogP contribution is -2.35. The van der Waals surface area contributed by atoms with Crippen LogP contribution in [0.15, 0.2) is 60.8 Å². The van der Waals surface area contributed by atoms with Crippen LogP contribution in [-0.2, 0) is 6.42 Å². The van der Waals surface area contributed by atoms with Gasteiger partial charge >= 0.3 is 0 Å². The summed E-state index contributed by atoms with van der Waals surface area (Å²) in [4.78, 5) is 37.6. The first-order valence-electron chi connectivity index (χ1n) is 12.5. The van der Waals surface area contributed by atoms with Crippen molar-refractivity contribution in [3.63, 3.8) is 0 Å². The summed E-state index contributed by atoms with van der Waals surface area (Å²) in [5, 5.41) is 16.7. The molecule has 1 fully saturated rings. The van der Waals surface area contributed by atoms with Gasteiger partial charge in [0, 0.05) is 50.3 Å². The van der Waals surface area contributed by atoms with Crippen molar-refractivity contribution in [3.8, 4) is 5.69 Å². The van der Waals surface area contributed by atoms with Gasteiger partial charge in [0.1, 0.15) is 11.6 Å². The highest BCUT2D eigenvalue weighted by Crippen LogP contribution is 2.28. The van der Waals surface area contributed by atoms with E-state index in [1.807, 2.05) is 41.2 Å². The molecule has 1 saturated heterocycles. The molecular formula is C27H29N7O3. The normalized spacial score (nSPS) is 14.2. The highest BCUT2D eigenvalue weighted by atomic mass is 16.6. The molecule has 1 aliphatic rings. The fourth-order valence-corrected chi connectivity index (χ4v) is 4.66. The highest BCUT2D eigenvalue weighted by Gasteiger charge is 2.25. The minimum Gasteiger partial charge on any atom is -0.354 e. The van der Waals surface area contributed by atoms with Gasteiger partial charge in [0.25, 0.3) is 11.6 Å². The molecule has 190 valence electrons. The van der Waals surface area contributed by atoms with Crippen LogP contribution in [-0.4, -0.2) is 61.7 Å². The SMILES string of the molecule is CC(C)Cc1nc(N2CCCN(C(=O)c3cccc([N+](=O)[O-])c3)CC2)c2cnn(-c3ccccc3)c2n1. The largest absolute Gasteiger partial charge is 0.354 e. The fourth-order valence-electron chi connectivity index (χ4n) is 4.66. The first-order chi connectivity index (χ1) is 17.9. The van der Waals surface area contributed by atoms with Gasteiger partial charge in [-0.15, -0.1) is 0 Å². The molecule has 3 heterocycles. The Balaban J connectivity index is 1.44. The number of anilines is 1. The Bertz CT molecular complexity index is 1430. The van der Waals surface area contributed by atoms with Gasteiger partial charge in [-0.05, 0) is 30.5 Å². The van der Waals surface area contributed by atoms with Crippen LogP contribution in [0.4, 0.5) is 11.5 Å². The Morgan fingerprint density at radius 2 is 1.84 bits per heavy atom. The lowest BCUT2D eigenvalue weighted by molar-refractivity contribution is -0.384. The van der Waals surface area contributed by atoms with E-state index < -0.39 is 4.92 Å². The maximum Gasteiger partial charge on any atom is 0.270 e. The van der Waals surface area contributed by atoms with Crippen molar-refractivity contribution >= 4 is 28.4 Å². The number of non-ortho nitro benzene ring substituents is 1. The summed E-state index contributed by atoms with van der Waals surface area (Å²) in [6, 6.07) is 15.8. The monoisotopic (exact) mass is 499 g/mol. The van der Waals surface area contributed by atoms with E-state index in [0.29, 0.717) is 31.1 Å². The zero-order chi connectivity index (χ0) is 25.9. The van der Waals surface area contributed by atoms with Gasteiger partial charge in [-0.2, -0.15) is 5.10 Å². The number of rotatable bonds is 6. The second-order valence-electron chi connectivity index (χ2n) is 9.63. The molecule has 2 aromatic heterocycles. The third kappa shape index (κ3) is 5.13. The standard InChI is InChI=1S/C27H29N7O3/c1-19(2)16-24-29-25(23-18-28-33(26(23)30-24)21-9-4-3-5-10-21)31-12-7-13-32(15-14-31)27(35)20-8-6-11-22(17-20)34(36)37/h3-6,8-11,17-19H,7,12-16H2,1-2H3. The van der Waals surface area contributed by atoms with Crippen molar-refractivity contribution in [1.29, 1.82) is 0 Å². The highest BCUT2D eigenvalue weighted by molar-refractivity contribution is 5.95. The summed E-state index contributed by atoms with van der Waals surface area (Å²) < 4.78 is 1.85. The first-order valence-corrected chi connectivity index (χ1v) is 12.5. The van der Waals surface area contributed by atoms with Gasteiger partial charge in [-0.25, -0.2) is 14.6 Å². The summed E-state index contributed by atoms with van der Waals surface area (Å²) in [7, 11) is 0. The minimum absolute atomic E-state index is 0.0845. The van der Waals surface area contributed by atoms with E-state index in [1.54, 1.807) is 17.0 Å². The Kier molecular flexibility index (Phi) is 6.80. The van der Waals surface area contributed by atoms with Crippen molar-refractivity contribution in [2.45, 2.75) is 26.7 Å². The third-order valence-corrected chi connectivity index (χ3v) is 6.43. The lowest BCUT2D eigenvalue weighted by atomic mass is 10.1. The topological polar surface area (TPSA) is 110 Å². The van der Waals surface area contributed by atoms with Crippen LogP contribution in [0.3, 0.4) is 0 Å². The summed E-state index contributed by atoms with van der Waals surface area (Å²) in [6.45, 7) is 6.65. The molecule has 0 spiro atoms. The average Bonchev–Trinajstić information content (AvgIpc) is 3.17. The molecule has 0 bridgehead atoms. The lowest BCUT2D eigenvalue weighted by Gasteiger charge is -2.24. The van der Waals surface area contributed by atoms with Crippen molar-refractivity contribution in [2.24, 2.45) is 5.92 Å². The molecule has 10 nitrogen and oxygen atoms in total. The molecule has 0 aliphatic carbocycles. The molecule has 2 aromatic carbocycles. The van der Waals surface area contributed by atoms with Gasteiger partial charge in [-0.3, -0.25) is 14.9 Å². The molecule has 1 aliphatic heterocycles.